The van der Waals surface area contributed by atoms with Crippen LogP contribution in [-0.4, -0.2) is 23.0 Å². The van der Waals surface area contributed by atoms with E-state index in [1.807, 2.05) is 30.3 Å². The molecule has 1 aliphatic rings. The molecule has 1 aliphatic heterocycles. The lowest BCUT2D eigenvalue weighted by atomic mass is 9.87. The SMILES string of the molecule is CC1=C(c2c(F)ccc(Cl)c2F)C=CC(C(Cc2ccccc2)C(=O)Nc2ccc(C(=O)O)cc2)[NH+]1[O-]. The van der Waals surface area contributed by atoms with Gasteiger partial charge in [-0.2, -0.15) is 0 Å². The van der Waals surface area contributed by atoms with E-state index in [2.05, 4.69) is 5.32 Å². The number of amides is 1. The first-order valence-corrected chi connectivity index (χ1v) is 11.8. The fraction of sp³-hybridized carbons (Fsp3) is 0.143. The maximum absolute atomic E-state index is 14.7. The second kappa shape index (κ2) is 11.0. The smallest absolute Gasteiger partial charge is 0.335 e. The van der Waals surface area contributed by atoms with Crippen LogP contribution in [-0.2, 0) is 11.2 Å². The van der Waals surface area contributed by atoms with E-state index in [1.165, 1.54) is 43.3 Å². The number of carboxylic acid groups (broad SMARTS) is 1. The number of quaternary nitrogens is 1. The van der Waals surface area contributed by atoms with Gasteiger partial charge in [-0.15, -0.1) is 0 Å². The van der Waals surface area contributed by atoms with Crippen LogP contribution in [0.15, 0.2) is 84.6 Å². The van der Waals surface area contributed by atoms with E-state index in [0.717, 1.165) is 17.7 Å². The third kappa shape index (κ3) is 5.61. The molecular formula is C28H23ClF2N2O4. The highest BCUT2D eigenvalue weighted by Gasteiger charge is 2.36. The zero-order chi connectivity index (χ0) is 26.7. The molecule has 0 aromatic heterocycles. The lowest BCUT2D eigenvalue weighted by Gasteiger charge is -2.37. The average Bonchev–Trinajstić information content (AvgIpc) is 2.89. The predicted octanol–water partition coefficient (Wildman–Crippen LogP) is 4.87. The Hall–Kier alpha value is -3.85. The van der Waals surface area contributed by atoms with Gasteiger partial charge in [0.15, 0.2) is 5.82 Å². The van der Waals surface area contributed by atoms with Gasteiger partial charge in [-0.05, 0) is 60.5 Å². The van der Waals surface area contributed by atoms with Crippen LogP contribution >= 0.6 is 11.6 Å². The van der Waals surface area contributed by atoms with E-state index in [-0.39, 0.29) is 28.3 Å². The lowest BCUT2D eigenvalue weighted by molar-refractivity contribution is -0.830. The van der Waals surface area contributed by atoms with E-state index in [1.54, 1.807) is 0 Å². The maximum atomic E-state index is 14.7. The summed E-state index contributed by atoms with van der Waals surface area (Å²) in [4.78, 5) is 24.5. The number of carbonyl (C=O) groups excluding carboxylic acids is 1. The highest BCUT2D eigenvalue weighted by atomic mass is 35.5. The molecule has 1 heterocycles. The molecule has 3 N–H and O–H groups in total. The molecule has 1 amide bonds. The third-order valence-electron chi connectivity index (χ3n) is 6.33. The highest BCUT2D eigenvalue weighted by molar-refractivity contribution is 6.31. The van der Waals surface area contributed by atoms with E-state index < -0.39 is 46.1 Å². The van der Waals surface area contributed by atoms with Crippen LogP contribution in [0, 0.1) is 22.8 Å². The summed E-state index contributed by atoms with van der Waals surface area (Å²) < 4.78 is 29.2. The fourth-order valence-corrected chi connectivity index (χ4v) is 4.50. The minimum absolute atomic E-state index is 0.0676. The summed E-state index contributed by atoms with van der Waals surface area (Å²) in [6.07, 6.45) is 3.17. The van der Waals surface area contributed by atoms with Crippen molar-refractivity contribution in [2.75, 3.05) is 5.32 Å². The first kappa shape index (κ1) is 26.2. The Kier molecular flexibility index (Phi) is 7.83. The van der Waals surface area contributed by atoms with E-state index in [4.69, 9.17) is 16.7 Å². The van der Waals surface area contributed by atoms with Crippen molar-refractivity contribution < 1.29 is 28.5 Å². The standard InChI is InChI=1S/C28H23ClF2N2O4/c1-16-20(25-23(30)13-12-22(29)26(25)31)11-14-24(33(16)37)21(15-17-5-3-2-4-6-17)27(34)32-19-9-7-18(8-10-19)28(35)36/h2-14,21,24,33H,15H2,1H3,(H,32,34)(H,35,36). The average molecular weight is 525 g/mol. The Morgan fingerprint density at radius 1 is 1.08 bits per heavy atom. The number of hydroxylamine groups is 2. The zero-order valence-electron chi connectivity index (χ0n) is 19.7. The molecule has 37 heavy (non-hydrogen) atoms. The van der Waals surface area contributed by atoms with Gasteiger partial charge < -0.3 is 20.7 Å². The summed E-state index contributed by atoms with van der Waals surface area (Å²) in [5, 5.41) is 24.6. The molecule has 190 valence electrons. The summed E-state index contributed by atoms with van der Waals surface area (Å²) in [5.41, 5.74) is 1.06. The van der Waals surface area contributed by atoms with Crippen molar-refractivity contribution in [3.63, 3.8) is 0 Å². The molecule has 0 saturated carbocycles. The first-order chi connectivity index (χ1) is 17.7. The molecule has 3 atom stereocenters. The van der Waals surface area contributed by atoms with Gasteiger partial charge in [0.05, 0.1) is 22.1 Å². The number of nitrogens with one attached hydrogen (secondary N) is 2. The summed E-state index contributed by atoms with van der Waals surface area (Å²) >= 11 is 5.85. The van der Waals surface area contributed by atoms with Crippen molar-refractivity contribution in [1.82, 2.24) is 0 Å². The molecule has 6 nitrogen and oxygen atoms in total. The van der Waals surface area contributed by atoms with Gasteiger partial charge in [-0.1, -0.05) is 41.9 Å². The van der Waals surface area contributed by atoms with Gasteiger partial charge in [0.2, 0.25) is 5.91 Å². The number of carbonyl (C=O) groups is 2. The van der Waals surface area contributed by atoms with Crippen LogP contribution in [0.25, 0.3) is 5.57 Å². The van der Waals surface area contributed by atoms with Crippen molar-refractivity contribution in [3.8, 4) is 0 Å². The van der Waals surface area contributed by atoms with Gasteiger partial charge in [-0.3, -0.25) is 4.79 Å². The number of aromatic carboxylic acids is 1. The largest absolute Gasteiger partial charge is 0.629 e. The number of hydrogen-bond donors (Lipinski definition) is 3. The van der Waals surface area contributed by atoms with Gasteiger partial charge in [-0.25, -0.2) is 13.6 Å². The first-order valence-electron chi connectivity index (χ1n) is 11.4. The van der Waals surface area contributed by atoms with E-state index in [9.17, 15) is 23.6 Å². The molecule has 3 unspecified atom stereocenters. The van der Waals surface area contributed by atoms with Crippen molar-refractivity contribution in [2.45, 2.75) is 19.4 Å². The second-order valence-corrected chi connectivity index (χ2v) is 9.08. The van der Waals surface area contributed by atoms with Crippen LogP contribution in [0.4, 0.5) is 14.5 Å². The summed E-state index contributed by atoms with van der Waals surface area (Å²) in [6.45, 7) is 1.47. The number of benzene rings is 3. The minimum atomic E-state index is -1.09. The number of anilines is 1. The van der Waals surface area contributed by atoms with E-state index in [0.29, 0.717) is 5.69 Å². The Morgan fingerprint density at radius 3 is 2.41 bits per heavy atom. The van der Waals surface area contributed by atoms with Gasteiger partial charge in [0.25, 0.3) is 0 Å². The number of rotatable bonds is 7. The molecule has 0 radical (unpaired) electrons. The number of hydrogen-bond acceptors (Lipinski definition) is 3. The van der Waals surface area contributed by atoms with Crippen LogP contribution in [0.2, 0.25) is 5.02 Å². The molecule has 4 rings (SSSR count). The Bertz CT molecular complexity index is 1390. The maximum Gasteiger partial charge on any atom is 0.335 e. The minimum Gasteiger partial charge on any atom is -0.629 e. The van der Waals surface area contributed by atoms with Crippen LogP contribution < -0.4 is 10.4 Å². The summed E-state index contributed by atoms with van der Waals surface area (Å²) in [6, 6.07) is 16.1. The number of carboxylic acids is 1. The molecule has 0 bridgehead atoms. The van der Waals surface area contributed by atoms with Crippen LogP contribution in [0.1, 0.15) is 28.4 Å². The lowest BCUT2D eigenvalue weighted by Crippen LogP contribution is -3.10. The summed E-state index contributed by atoms with van der Waals surface area (Å²) in [5.74, 6) is -4.21. The normalized spacial score (nSPS) is 18.0. The Balaban J connectivity index is 1.66. The number of halogens is 3. The topological polar surface area (TPSA) is 93.9 Å². The van der Waals surface area contributed by atoms with Crippen molar-refractivity contribution in [3.05, 3.63) is 123 Å². The molecule has 0 fully saturated rings. The molecule has 0 saturated heterocycles. The molecule has 0 spiro atoms. The van der Waals surface area contributed by atoms with Gasteiger partial charge in [0.1, 0.15) is 17.6 Å². The molecular weight excluding hydrogens is 502 g/mol. The van der Waals surface area contributed by atoms with Crippen LogP contribution in [0.3, 0.4) is 0 Å². The quantitative estimate of drug-likeness (QED) is 0.304. The fourth-order valence-electron chi connectivity index (χ4n) is 4.34. The predicted molar refractivity (Wildman–Crippen MR) is 137 cm³/mol. The van der Waals surface area contributed by atoms with Crippen molar-refractivity contribution >= 4 is 34.7 Å². The Morgan fingerprint density at radius 2 is 1.76 bits per heavy atom. The van der Waals surface area contributed by atoms with Crippen molar-refractivity contribution in [1.29, 1.82) is 0 Å². The van der Waals surface area contributed by atoms with Crippen molar-refractivity contribution in [2.24, 2.45) is 5.92 Å². The zero-order valence-corrected chi connectivity index (χ0v) is 20.4. The summed E-state index contributed by atoms with van der Waals surface area (Å²) in [7, 11) is 0. The molecule has 3 aromatic carbocycles. The van der Waals surface area contributed by atoms with Gasteiger partial charge >= 0.3 is 5.97 Å². The molecule has 9 heteroatoms. The third-order valence-corrected chi connectivity index (χ3v) is 6.62. The van der Waals surface area contributed by atoms with E-state index >= 15 is 0 Å². The highest BCUT2D eigenvalue weighted by Crippen LogP contribution is 2.31. The monoisotopic (exact) mass is 524 g/mol. The van der Waals surface area contributed by atoms with Crippen LogP contribution in [0.5, 0.6) is 0 Å². The Labute approximate surface area is 217 Å². The molecule has 0 aliphatic carbocycles. The van der Waals surface area contributed by atoms with Gasteiger partial charge in [0, 0.05) is 18.2 Å². The molecule has 3 aromatic rings. The second-order valence-electron chi connectivity index (χ2n) is 8.67. The number of allylic oxidation sites excluding steroid dienone is 3.